The second-order valence-electron chi connectivity index (χ2n) is 4.12. The van der Waals surface area contributed by atoms with Gasteiger partial charge in [0.15, 0.2) is 0 Å². The fraction of sp³-hybridized carbons (Fsp3) is 0.214. The fourth-order valence-electron chi connectivity index (χ4n) is 1.59. The molecule has 2 aromatic rings. The van der Waals surface area contributed by atoms with E-state index < -0.39 is 0 Å². The SMILES string of the molecule is CC(N)c1ccnc(Oc2cccc(CO)c2)c1. The zero-order valence-corrected chi connectivity index (χ0v) is 10.2. The molecule has 1 heterocycles. The van der Waals surface area contributed by atoms with Gasteiger partial charge >= 0.3 is 0 Å². The highest BCUT2D eigenvalue weighted by atomic mass is 16.5. The van der Waals surface area contributed by atoms with Crippen LogP contribution in [0.15, 0.2) is 42.6 Å². The lowest BCUT2D eigenvalue weighted by Gasteiger charge is -2.09. The van der Waals surface area contributed by atoms with Gasteiger partial charge in [-0.2, -0.15) is 0 Å². The Morgan fingerprint density at radius 2 is 2.17 bits per heavy atom. The monoisotopic (exact) mass is 244 g/mol. The van der Waals surface area contributed by atoms with Crippen LogP contribution in [-0.4, -0.2) is 10.1 Å². The van der Waals surface area contributed by atoms with E-state index in [1.165, 1.54) is 0 Å². The van der Waals surface area contributed by atoms with E-state index in [0.29, 0.717) is 11.6 Å². The summed E-state index contributed by atoms with van der Waals surface area (Å²) in [6.45, 7) is 1.90. The van der Waals surface area contributed by atoms with E-state index in [1.54, 1.807) is 12.3 Å². The molecule has 94 valence electrons. The first kappa shape index (κ1) is 12.5. The molecule has 0 spiro atoms. The molecule has 1 atom stereocenters. The molecule has 0 amide bonds. The summed E-state index contributed by atoms with van der Waals surface area (Å²) in [6, 6.07) is 10.9. The van der Waals surface area contributed by atoms with E-state index >= 15 is 0 Å². The third-order valence-corrected chi connectivity index (χ3v) is 2.59. The van der Waals surface area contributed by atoms with Crippen LogP contribution >= 0.6 is 0 Å². The minimum Gasteiger partial charge on any atom is -0.439 e. The Hall–Kier alpha value is -1.91. The van der Waals surface area contributed by atoms with Crippen molar-refractivity contribution in [3.05, 3.63) is 53.7 Å². The first-order valence-electron chi connectivity index (χ1n) is 5.78. The van der Waals surface area contributed by atoms with Crippen molar-refractivity contribution in [2.45, 2.75) is 19.6 Å². The number of nitrogens with two attached hydrogens (primary N) is 1. The summed E-state index contributed by atoms with van der Waals surface area (Å²) in [7, 11) is 0. The zero-order valence-electron chi connectivity index (χ0n) is 10.2. The number of pyridine rings is 1. The third-order valence-electron chi connectivity index (χ3n) is 2.59. The number of aromatic nitrogens is 1. The highest BCUT2D eigenvalue weighted by Crippen LogP contribution is 2.22. The summed E-state index contributed by atoms with van der Waals surface area (Å²) in [4.78, 5) is 4.13. The van der Waals surface area contributed by atoms with E-state index in [4.69, 9.17) is 15.6 Å². The molecule has 1 aromatic heterocycles. The summed E-state index contributed by atoms with van der Waals surface area (Å²) in [5, 5.41) is 9.06. The van der Waals surface area contributed by atoms with Crippen LogP contribution < -0.4 is 10.5 Å². The van der Waals surface area contributed by atoms with Crippen LogP contribution in [0, 0.1) is 0 Å². The fourth-order valence-corrected chi connectivity index (χ4v) is 1.59. The molecule has 0 aliphatic heterocycles. The quantitative estimate of drug-likeness (QED) is 0.866. The maximum atomic E-state index is 9.06. The summed E-state index contributed by atoms with van der Waals surface area (Å²) >= 11 is 0. The number of aliphatic hydroxyl groups excluding tert-OH is 1. The van der Waals surface area contributed by atoms with Gasteiger partial charge in [-0.25, -0.2) is 4.98 Å². The summed E-state index contributed by atoms with van der Waals surface area (Å²) < 4.78 is 5.63. The lowest BCUT2D eigenvalue weighted by Crippen LogP contribution is -2.05. The second kappa shape index (κ2) is 5.62. The highest BCUT2D eigenvalue weighted by Gasteiger charge is 2.04. The largest absolute Gasteiger partial charge is 0.439 e. The van der Waals surface area contributed by atoms with Crippen LogP contribution in [0.2, 0.25) is 0 Å². The molecule has 1 aromatic carbocycles. The topological polar surface area (TPSA) is 68.4 Å². The molecule has 2 rings (SSSR count). The van der Waals surface area contributed by atoms with Gasteiger partial charge in [0.25, 0.3) is 0 Å². The molecule has 0 saturated heterocycles. The standard InChI is InChI=1S/C14H16N2O2/c1-10(15)12-5-6-16-14(8-12)18-13-4-2-3-11(7-13)9-17/h2-8,10,17H,9,15H2,1H3. The van der Waals surface area contributed by atoms with E-state index in [9.17, 15) is 0 Å². The summed E-state index contributed by atoms with van der Waals surface area (Å²) in [5.74, 6) is 1.15. The van der Waals surface area contributed by atoms with Crippen LogP contribution in [0.1, 0.15) is 24.1 Å². The molecular formula is C14H16N2O2. The average Bonchev–Trinajstić information content (AvgIpc) is 2.39. The maximum Gasteiger partial charge on any atom is 0.219 e. The Morgan fingerprint density at radius 3 is 2.89 bits per heavy atom. The Bertz CT molecular complexity index is 527. The second-order valence-corrected chi connectivity index (χ2v) is 4.12. The van der Waals surface area contributed by atoms with Crippen molar-refractivity contribution in [1.29, 1.82) is 0 Å². The maximum absolute atomic E-state index is 9.06. The van der Waals surface area contributed by atoms with Crippen molar-refractivity contribution in [2.75, 3.05) is 0 Å². The van der Waals surface area contributed by atoms with Crippen LogP contribution in [0.4, 0.5) is 0 Å². The van der Waals surface area contributed by atoms with Gasteiger partial charge in [0.1, 0.15) is 5.75 Å². The van der Waals surface area contributed by atoms with Crippen molar-refractivity contribution in [2.24, 2.45) is 5.73 Å². The molecule has 0 radical (unpaired) electrons. The van der Waals surface area contributed by atoms with Crippen LogP contribution in [0.5, 0.6) is 11.6 Å². The third kappa shape index (κ3) is 3.06. The van der Waals surface area contributed by atoms with Gasteiger partial charge in [0.05, 0.1) is 6.61 Å². The number of benzene rings is 1. The number of ether oxygens (including phenoxy) is 1. The van der Waals surface area contributed by atoms with Gasteiger partial charge < -0.3 is 15.6 Å². The first-order chi connectivity index (χ1) is 8.69. The Balaban J connectivity index is 2.20. The predicted molar refractivity (Wildman–Crippen MR) is 69.3 cm³/mol. The average molecular weight is 244 g/mol. The van der Waals surface area contributed by atoms with Gasteiger partial charge in [0, 0.05) is 18.3 Å². The van der Waals surface area contributed by atoms with Gasteiger partial charge in [-0.3, -0.25) is 0 Å². The minimum atomic E-state index is -0.0564. The molecule has 4 nitrogen and oxygen atoms in total. The predicted octanol–water partition coefficient (Wildman–Crippen LogP) is 2.39. The number of nitrogens with zero attached hydrogens (tertiary/aromatic N) is 1. The van der Waals surface area contributed by atoms with E-state index in [2.05, 4.69) is 4.98 Å². The lowest BCUT2D eigenvalue weighted by atomic mass is 10.1. The Kier molecular flexibility index (Phi) is 3.92. The number of hydrogen-bond acceptors (Lipinski definition) is 4. The molecule has 0 fully saturated rings. The van der Waals surface area contributed by atoms with E-state index in [1.807, 2.05) is 37.3 Å². The number of aliphatic hydroxyl groups is 1. The van der Waals surface area contributed by atoms with Crippen LogP contribution in [-0.2, 0) is 6.61 Å². The Labute approximate surface area is 106 Å². The molecule has 0 aliphatic rings. The molecular weight excluding hydrogens is 228 g/mol. The Morgan fingerprint density at radius 1 is 1.33 bits per heavy atom. The van der Waals surface area contributed by atoms with E-state index in [-0.39, 0.29) is 12.6 Å². The van der Waals surface area contributed by atoms with Crippen LogP contribution in [0.3, 0.4) is 0 Å². The van der Waals surface area contributed by atoms with Crippen LogP contribution in [0.25, 0.3) is 0 Å². The van der Waals surface area contributed by atoms with Gasteiger partial charge in [-0.05, 0) is 36.2 Å². The smallest absolute Gasteiger partial charge is 0.219 e. The van der Waals surface area contributed by atoms with E-state index in [0.717, 1.165) is 11.1 Å². The van der Waals surface area contributed by atoms with Crippen molar-refractivity contribution in [3.63, 3.8) is 0 Å². The van der Waals surface area contributed by atoms with Crippen molar-refractivity contribution in [1.82, 2.24) is 4.98 Å². The molecule has 0 aliphatic carbocycles. The van der Waals surface area contributed by atoms with Gasteiger partial charge in [0.2, 0.25) is 5.88 Å². The van der Waals surface area contributed by atoms with Crippen molar-refractivity contribution < 1.29 is 9.84 Å². The molecule has 0 saturated carbocycles. The van der Waals surface area contributed by atoms with Crippen molar-refractivity contribution in [3.8, 4) is 11.6 Å². The molecule has 0 bridgehead atoms. The lowest BCUT2D eigenvalue weighted by molar-refractivity contribution is 0.281. The number of rotatable bonds is 4. The minimum absolute atomic E-state index is 0.00942. The first-order valence-corrected chi connectivity index (χ1v) is 5.78. The molecule has 3 N–H and O–H groups in total. The highest BCUT2D eigenvalue weighted by molar-refractivity contribution is 5.32. The summed E-state index contributed by atoms with van der Waals surface area (Å²) in [5.41, 5.74) is 7.58. The van der Waals surface area contributed by atoms with Crippen molar-refractivity contribution >= 4 is 0 Å². The normalized spacial score (nSPS) is 12.2. The molecule has 18 heavy (non-hydrogen) atoms. The zero-order chi connectivity index (χ0) is 13.0. The molecule has 1 unspecified atom stereocenters. The van der Waals surface area contributed by atoms with Gasteiger partial charge in [-0.1, -0.05) is 12.1 Å². The summed E-state index contributed by atoms with van der Waals surface area (Å²) in [6.07, 6.45) is 1.67. The number of hydrogen-bond donors (Lipinski definition) is 2. The molecule has 4 heteroatoms. The van der Waals surface area contributed by atoms with Gasteiger partial charge in [-0.15, -0.1) is 0 Å².